The van der Waals surface area contributed by atoms with Crippen LogP contribution in [-0.4, -0.2) is 23.8 Å². The number of sulfonamides is 1. The first kappa shape index (κ1) is 9.21. The van der Waals surface area contributed by atoms with Gasteiger partial charge in [-0.3, -0.25) is 4.72 Å². The average Bonchev–Trinajstić information content (AvgIpc) is 2.06. The van der Waals surface area contributed by atoms with Crippen molar-refractivity contribution in [3.05, 3.63) is 18.3 Å². The topological polar surface area (TPSA) is 72.0 Å². The van der Waals surface area contributed by atoms with Crippen LogP contribution in [0.1, 0.15) is 0 Å². The highest BCUT2D eigenvalue weighted by Gasteiger charge is 2.07. The second kappa shape index (κ2) is 3.68. The van der Waals surface area contributed by atoms with Crippen molar-refractivity contribution in [1.29, 1.82) is 0 Å². The van der Waals surface area contributed by atoms with E-state index in [1.165, 1.54) is 12.3 Å². The van der Waals surface area contributed by atoms with E-state index in [-0.39, 0.29) is 5.82 Å². The fraction of sp³-hybridized carbons (Fsp3) is 0.200. The quantitative estimate of drug-likeness (QED) is 0.729. The summed E-state index contributed by atoms with van der Waals surface area (Å²) in [7, 11) is -3.46. The van der Waals surface area contributed by atoms with Crippen molar-refractivity contribution in [1.82, 2.24) is 10.2 Å². The Balaban J connectivity index is 2.78. The van der Waals surface area contributed by atoms with Crippen molar-refractivity contribution in [2.45, 2.75) is 0 Å². The number of nitrogens with zero attached hydrogens (tertiary/aromatic N) is 2. The van der Waals surface area contributed by atoms with Gasteiger partial charge in [0.1, 0.15) is 5.21 Å². The standard InChI is InChI=1S/C5H6ClN3O2S/c6-4-12(10,11)9-5-2-1-3-7-8-5/h1-3H,4H2,(H,8,9). The highest BCUT2D eigenvalue weighted by molar-refractivity contribution is 7.93. The molecule has 0 saturated carbocycles. The third-order valence-electron chi connectivity index (χ3n) is 0.976. The average molecular weight is 208 g/mol. The Morgan fingerprint density at radius 3 is 2.83 bits per heavy atom. The zero-order valence-electron chi connectivity index (χ0n) is 5.94. The van der Waals surface area contributed by atoms with Crippen molar-refractivity contribution < 1.29 is 8.42 Å². The van der Waals surface area contributed by atoms with Gasteiger partial charge in [0.2, 0.25) is 10.0 Å². The monoisotopic (exact) mass is 207 g/mol. The lowest BCUT2D eigenvalue weighted by Crippen LogP contribution is -2.14. The summed E-state index contributed by atoms with van der Waals surface area (Å²) < 4.78 is 23.9. The first-order valence-corrected chi connectivity index (χ1v) is 5.17. The van der Waals surface area contributed by atoms with Crippen LogP contribution in [-0.2, 0) is 10.0 Å². The van der Waals surface area contributed by atoms with Gasteiger partial charge in [0.15, 0.2) is 5.82 Å². The van der Waals surface area contributed by atoms with Gasteiger partial charge in [0.25, 0.3) is 0 Å². The normalized spacial score (nSPS) is 11.1. The van der Waals surface area contributed by atoms with Crippen LogP contribution in [0.5, 0.6) is 0 Å². The molecular weight excluding hydrogens is 202 g/mol. The molecule has 0 aliphatic rings. The number of aromatic nitrogens is 2. The predicted octanol–water partition coefficient (Wildman–Crippen LogP) is 0.415. The summed E-state index contributed by atoms with van der Waals surface area (Å²) in [5.74, 6) is 0.165. The fourth-order valence-corrected chi connectivity index (χ4v) is 1.19. The molecule has 0 amide bonds. The van der Waals surface area contributed by atoms with Crippen LogP contribution in [0.15, 0.2) is 18.3 Å². The molecule has 1 rings (SSSR count). The molecule has 0 spiro atoms. The Hall–Kier alpha value is -0.880. The minimum Gasteiger partial charge on any atom is -0.265 e. The number of alkyl halides is 1. The van der Waals surface area contributed by atoms with Crippen LogP contribution < -0.4 is 4.72 Å². The summed E-state index contributed by atoms with van der Waals surface area (Å²) in [6.45, 7) is 0. The first-order chi connectivity index (χ1) is 5.64. The summed E-state index contributed by atoms with van der Waals surface area (Å²) in [6, 6.07) is 3.05. The van der Waals surface area contributed by atoms with Gasteiger partial charge in [-0.25, -0.2) is 8.42 Å². The van der Waals surface area contributed by atoms with Crippen LogP contribution in [0, 0.1) is 0 Å². The van der Waals surface area contributed by atoms with Crippen LogP contribution in [0.3, 0.4) is 0 Å². The van der Waals surface area contributed by atoms with Crippen LogP contribution in [0.4, 0.5) is 5.82 Å². The molecular formula is C5H6ClN3O2S. The minimum atomic E-state index is -3.46. The van der Waals surface area contributed by atoms with Crippen molar-refractivity contribution in [2.24, 2.45) is 0 Å². The van der Waals surface area contributed by atoms with E-state index in [1.807, 2.05) is 0 Å². The molecule has 0 radical (unpaired) electrons. The Morgan fingerprint density at radius 1 is 1.58 bits per heavy atom. The number of rotatable bonds is 3. The van der Waals surface area contributed by atoms with Crippen molar-refractivity contribution in [3.8, 4) is 0 Å². The molecule has 0 aliphatic carbocycles. The maximum atomic E-state index is 10.9. The number of halogens is 1. The van der Waals surface area contributed by atoms with Gasteiger partial charge < -0.3 is 0 Å². The second-order valence-corrected chi connectivity index (χ2v) is 4.24. The van der Waals surface area contributed by atoms with Crippen LogP contribution >= 0.6 is 11.6 Å². The number of hydrogen-bond acceptors (Lipinski definition) is 4. The van der Waals surface area contributed by atoms with Crippen molar-refractivity contribution >= 4 is 27.4 Å². The van der Waals surface area contributed by atoms with Gasteiger partial charge >= 0.3 is 0 Å². The van der Waals surface area contributed by atoms with Gasteiger partial charge in [-0.2, -0.15) is 5.10 Å². The summed E-state index contributed by atoms with van der Waals surface area (Å²) in [5.41, 5.74) is 0. The first-order valence-electron chi connectivity index (χ1n) is 2.98. The minimum absolute atomic E-state index is 0.165. The van der Waals surface area contributed by atoms with Gasteiger partial charge in [0, 0.05) is 6.20 Å². The lowest BCUT2D eigenvalue weighted by atomic mass is 10.6. The Bertz CT molecular complexity index is 339. The lowest BCUT2D eigenvalue weighted by molar-refractivity contribution is 0.605. The molecule has 1 aromatic rings. The molecule has 1 heterocycles. The van der Waals surface area contributed by atoms with Crippen LogP contribution in [0.25, 0.3) is 0 Å². The Labute approximate surface area is 74.8 Å². The van der Waals surface area contributed by atoms with E-state index >= 15 is 0 Å². The number of nitrogens with one attached hydrogen (secondary N) is 1. The molecule has 0 aliphatic heterocycles. The van der Waals surface area contributed by atoms with E-state index in [0.717, 1.165) is 0 Å². The maximum Gasteiger partial charge on any atom is 0.248 e. The molecule has 0 unspecified atom stereocenters. The molecule has 7 heteroatoms. The highest BCUT2D eigenvalue weighted by atomic mass is 35.5. The summed E-state index contributed by atoms with van der Waals surface area (Å²) in [4.78, 5) is 0. The molecule has 5 nitrogen and oxygen atoms in total. The van der Waals surface area contributed by atoms with E-state index in [4.69, 9.17) is 11.6 Å². The zero-order valence-corrected chi connectivity index (χ0v) is 7.51. The van der Waals surface area contributed by atoms with Gasteiger partial charge in [0.05, 0.1) is 0 Å². The third-order valence-corrected chi connectivity index (χ3v) is 2.65. The van der Waals surface area contributed by atoms with E-state index < -0.39 is 15.2 Å². The second-order valence-electron chi connectivity index (χ2n) is 1.93. The molecule has 1 N–H and O–H groups in total. The molecule has 66 valence electrons. The van der Waals surface area contributed by atoms with Gasteiger partial charge in [-0.05, 0) is 12.1 Å². The molecule has 0 bridgehead atoms. The van der Waals surface area contributed by atoms with Crippen LogP contribution in [0.2, 0.25) is 0 Å². The largest absolute Gasteiger partial charge is 0.265 e. The van der Waals surface area contributed by atoms with E-state index in [9.17, 15) is 8.42 Å². The number of hydrogen-bond donors (Lipinski definition) is 1. The zero-order chi connectivity index (χ0) is 9.03. The molecule has 0 fully saturated rings. The summed E-state index contributed by atoms with van der Waals surface area (Å²) in [6.07, 6.45) is 1.44. The molecule has 0 aromatic carbocycles. The van der Waals surface area contributed by atoms with E-state index in [2.05, 4.69) is 14.9 Å². The van der Waals surface area contributed by atoms with Gasteiger partial charge in [-0.15, -0.1) is 16.7 Å². The Morgan fingerprint density at radius 2 is 2.33 bits per heavy atom. The SMILES string of the molecule is O=S(=O)(CCl)Nc1cccnn1. The van der Waals surface area contributed by atoms with E-state index in [1.54, 1.807) is 6.07 Å². The molecule has 0 saturated heterocycles. The Kier molecular flexibility index (Phi) is 2.83. The highest BCUT2D eigenvalue weighted by Crippen LogP contribution is 2.02. The van der Waals surface area contributed by atoms with Crippen molar-refractivity contribution in [3.63, 3.8) is 0 Å². The number of anilines is 1. The molecule has 12 heavy (non-hydrogen) atoms. The summed E-state index contributed by atoms with van der Waals surface area (Å²) in [5, 5.41) is 6.50. The third kappa shape index (κ3) is 2.63. The molecule has 1 aromatic heterocycles. The van der Waals surface area contributed by atoms with E-state index in [0.29, 0.717) is 0 Å². The smallest absolute Gasteiger partial charge is 0.248 e. The summed E-state index contributed by atoms with van der Waals surface area (Å²) >= 11 is 5.14. The van der Waals surface area contributed by atoms with Crippen molar-refractivity contribution in [2.75, 3.05) is 9.93 Å². The maximum absolute atomic E-state index is 10.9. The van der Waals surface area contributed by atoms with Gasteiger partial charge in [-0.1, -0.05) is 0 Å². The fourth-order valence-electron chi connectivity index (χ4n) is 0.543. The predicted molar refractivity (Wildman–Crippen MR) is 45.3 cm³/mol. The lowest BCUT2D eigenvalue weighted by Gasteiger charge is -2.01. The molecule has 0 atom stereocenters.